The summed E-state index contributed by atoms with van der Waals surface area (Å²) in [6, 6.07) is 0. The lowest BCUT2D eigenvalue weighted by atomic mass is 10.3. The fourth-order valence-corrected chi connectivity index (χ4v) is 1.46. The first-order valence-corrected chi connectivity index (χ1v) is 5.71. The van der Waals surface area contributed by atoms with Crippen LogP contribution < -0.4 is 0 Å². The Kier molecular flexibility index (Phi) is 6.15. The van der Waals surface area contributed by atoms with E-state index in [0.717, 1.165) is 19.8 Å². The molecule has 1 rings (SSSR count). The fraction of sp³-hybridized carbons (Fsp3) is 1.00. The van der Waals surface area contributed by atoms with E-state index < -0.39 is 0 Å². The van der Waals surface area contributed by atoms with Crippen molar-refractivity contribution in [1.29, 1.82) is 0 Å². The van der Waals surface area contributed by atoms with Gasteiger partial charge in [0, 0.05) is 6.61 Å². The van der Waals surface area contributed by atoms with Crippen LogP contribution in [-0.4, -0.2) is 51.0 Å². The Bertz CT molecular complexity index is 137. The van der Waals surface area contributed by atoms with Crippen LogP contribution in [-0.2, 0) is 9.47 Å². The van der Waals surface area contributed by atoms with Crippen LogP contribution in [0.25, 0.3) is 0 Å². The molecule has 0 aromatic carbocycles. The van der Waals surface area contributed by atoms with E-state index in [2.05, 4.69) is 18.9 Å². The van der Waals surface area contributed by atoms with E-state index in [1.54, 1.807) is 0 Å². The van der Waals surface area contributed by atoms with Gasteiger partial charge in [-0.3, -0.25) is 0 Å². The third-order valence-corrected chi connectivity index (χ3v) is 2.39. The summed E-state index contributed by atoms with van der Waals surface area (Å²) in [6.45, 7) is 7.20. The molecule has 0 N–H and O–H groups in total. The van der Waals surface area contributed by atoms with E-state index in [4.69, 9.17) is 9.47 Å². The number of hydrogen-bond acceptors (Lipinski definition) is 3. The Morgan fingerprint density at radius 2 is 2.14 bits per heavy atom. The second-order valence-corrected chi connectivity index (χ2v) is 4.04. The van der Waals surface area contributed by atoms with Crippen LogP contribution in [0.5, 0.6) is 0 Å². The fourth-order valence-electron chi connectivity index (χ4n) is 1.46. The predicted octanol–water partition coefficient (Wildman–Crippen LogP) is 1.52. The van der Waals surface area contributed by atoms with E-state index in [1.165, 1.54) is 32.4 Å². The second-order valence-electron chi connectivity index (χ2n) is 4.04. The average Bonchev–Trinajstić information content (AvgIpc) is 2.95. The van der Waals surface area contributed by atoms with Crippen LogP contribution in [0.15, 0.2) is 0 Å². The molecule has 0 bridgehead atoms. The van der Waals surface area contributed by atoms with Crippen LogP contribution in [0.1, 0.15) is 26.2 Å². The molecule has 3 nitrogen and oxygen atoms in total. The zero-order valence-corrected chi connectivity index (χ0v) is 9.50. The Balaban J connectivity index is 1.74. The van der Waals surface area contributed by atoms with Crippen molar-refractivity contribution in [2.45, 2.75) is 32.3 Å². The Morgan fingerprint density at radius 1 is 1.36 bits per heavy atom. The minimum atomic E-state index is 0.415. The van der Waals surface area contributed by atoms with Crippen LogP contribution >= 0.6 is 0 Å². The first kappa shape index (κ1) is 12.0. The van der Waals surface area contributed by atoms with Gasteiger partial charge in [0.2, 0.25) is 0 Å². The zero-order chi connectivity index (χ0) is 10.2. The second kappa shape index (κ2) is 7.21. The maximum Gasteiger partial charge on any atom is 0.104 e. The van der Waals surface area contributed by atoms with E-state index in [-0.39, 0.29) is 0 Å². The molecule has 14 heavy (non-hydrogen) atoms. The monoisotopic (exact) mass is 201 g/mol. The topological polar surface area (TPSA) is 25.0 Å². The lowest BCUT2D eigenvalue weighted by Crippen LogP contribution is -2.20. The van der Waals surface area contributed by atoms with Gasteiger partial charge < -0.3 is 14.4 Å². The van der Waals surface area contributed by atoms with Gasteiger partial charge in [-0.25, -0.2) is 0 Å². The van der Waals surface area contributed by atoms with Crippen LogP contribution in [0.4, 0.5) is 0 Å². The van der Waals surface area contributed by atoms with Gasteiger partial charge in [-0.2, -0.15) is 0 Å². The van der Waals surface area contributed by atoms with Crippen molar-refractivity contribution >= 4 is 0 Å². The summed E-state index contributed by atoms with van der Waals surface area (Å²) in [6.07, 6.45) is 4.06. The van der Waals surface area contributed by atoms with Crippen molar-refractivity contribution in [3.8, 4) is 0 Å². The highest BCUT2D eigenvalue weighted by Crippen LogP contribution is 2.08. The molecule has 0 aliphatic carbocycles. The molecule has 1 aliphatic heterocycles. The minimum Gasteiger partial charge on any atom is -0.379 e. The van der Waals surface area contributed by atoms with Gasteiger partial charge in [-0.1, -0.05) is 6.92 Å². The van der Waals surface area contributed by atoms with Gasteiger partial charge in [0.05, 0.1) is 13.2 Å². The number of hydrogen-bond donors (Lipinski definition) is 0. The molecular weight excluding hydrogens is 178 g/mol. The third-order valence-electron chi connectivity index (χ3n) is 2.39. The van der Waals surface area contributed by atoms with Crippen LogP contribution in [0, 0.1) is 0 Å². The van der Waals surface area contributed by atoms with Gasteiger partial charge in [-0.15, -0.1) is 0 Å². The van der Waals surface area contributed by atoms with Gasteiger partial charge in [0.25, 0.3) is 0 Å². The van der Waals surface area contributed by atoms with E-state index >= 15 is 0 Å². The summed E-state index contributed by atoms with van der Waals surface area (Å²) in [5.41, 5.74) is 0. The van der Waals surface area contributed by atoms with E-state index in [1.807, 2.05) is 0 Å². The first-order chi connectivity index (χ1) is 6.83. The SMILES string of the molecule is CCCN(C)CCCCOCC1CO1. The van der Waals surface area contributed by atoms with Crippen molar-refractivity contribution in [2.24, 2.45) is 0 Å². The van der Waals surface area contributed by atoms with Gasteiger partial charge >= 0.3 is 0 Å². The molecule has 1 heterocycles. The van der Waals surface area contributed by atoms with Crippen LogP contribution in [0.2, 0.25) is 0 Å². The summed E-state index contributed by atoms with van der Waals surface area (Å²) < 4.78 is 10.5. The number of ether oxygens (including phenoxy) is 2. The number of nitrogens with zero attached hydrogens (tertiary/aromatic N) is 1. The number of rotatable bonds is 9. The van der Waals surface area contributed by atoms with Gasteiger partial charge in [0.1, 0.15) is 6.10 Å². The van der Waals surface area contributed by atoms with Crippen molar-refractivity contribution in [3.63, 3.8) is 0 Å². The predicted molar refractivity (Wildman–Crippen MR) is 57.6 cm³/mol. The van der Waals surface area contributed by atoms with Crippen molar-refractivity contribution < 1.29 is 9.47 Å². The molecule has 0 amide bonds. The van der Waals surface area contributed by atoms with Crippen molar-refractivity contribution in [3.05, 3.63) is 0 Å². The molecule has 0 aromatic rings. The molecule has 1 unspecified atom stereocenters. The van der Waals surface area contributed by atoms with E-state index in [9.17, 15) is 0 Å². The summed E-state index contributed by atoms with van der Waals surface area (Å²) in [5, 5.41) is 0. The molecule has 1 aliphatic rings. The Morgan fingerprint density at radius 3 is 2.79 bits per heavy atom. The third kappa shape index (κ3) is 6.35. The van der Waals surface area contributed by atoms with Crippen molar-refractivity contribution in [1.82, 2.24) is 4.90 Å². The maximum atomic E-state index is 5.46. The molecule has 0 radical (unpaired) electrons. The maximum absolute atomic E-state index is 5.46. The molecule has 1 saturated heterocycles. The largest absolute Gasteiger partial charge is 0.379 e. The average molecular weight is 201 g/mol. The molecule has 0 aromatic heterocycles. The molecule has 3 heteroatoms. The zero-order valence-electron chi connectivity index (χ0n) is 9.50. The lowest BCUT2D eigenvalue weighted by molar-refractivity contribution is 0.111. The summed E-state index contributed by atoms with van der Waals surface area (Å²) in [5.74, 6) is 0. The van der Waals surface area contributed by atoms with Gasteiger partial charge in [0.15, 0.2) is 0 Å². The molecular formula is C11H23NO2. The molecule has 0 spiro atoms. The van der Waals surface area contributed by atoms with Crippen LogP contribution in [0.3, 0.4) is 0 Å². The standard InChI is InChI=1S/C11H23NO2/c1-3-6-12(2)7-4-5-8-13-9-11-10-14-11/h11H,3-10H2,1-2H3. The Hall–Kier alpha value is -0.120. The first-order valence-electron chi connectivity index (χ1n) is 5.71. The highest BCUT2D eigenvalue weighted by molar-refractivity contribution is 4.67. The molecule has 1 fully saturated rings. The normalized spacial score (nSPS) is 20.4. The smallest absolute Gasteiger partial charge is 0.104 e. The quantitative estimate of drug-likeness (QED) is 0.418. The molecule has 84 valence electrons. The molecule has 0 saturated carbocycles. The summed E-state index contributed by atoms with van der Waals surface area (Å²) in [7, 11) is 2.18. The highest BCUT2D eigenvalue weighted by atomic mass is 16.6. The van der Waals surface area contributed by atoms with Gasteiger partial charge in [-0.05, 0) is 39.4 Å². The number of unbranched alkanes of at least 4 members (excludes halogenated alkanes) is 1. The highest BCUT2D eigenvalue weighted by Gasteiger charge is 2.21. The summed E-state index contributed by atoms with van der Waals surface area (Å²) in [4.78, 5) is 2.38. The Labute approximate surface area is 87.4 Å². The number of epoxide rings is 1. The lowest BCUT2D eigenvalue weighted by Gasteiger charge is -2.14. The van der Waals surface area contributed by atoms with Crippen molar-refractivity contribution in [2.75, 3.05) is 40.0 Å². The minimum absolute atomic E-state index is 0.415. The summed E-state index contributed by atoms with van der Waals surface area (Å²) >= 11 is 0. The molecule has 1 atom stereocenters. The van der Waals surface area contributed by atoms with E-state index in [0.29, 0.717) is 6.10 Å².